The molecule has 4 heterocycles. The fourth-order valence-corrected chi connectivity index (χ4v) is 10.3. The van der Waals surface area contributed by atoms with Gasteiger partial charge in [0.15, 0.2) is 5.78 Å². The van der Waals surface area contributed by atoms with Crippen LogP contribution < -0.4 is 16.0 Å². The maximum Gasteiger partial charge on any atom is 0.253 e. The molecule has 4 aromatic rings. The number of nitrogens with zero attached hydrogens (tertiary/aromatic N) is 4. The first kappa shape index (κ1) is 60.9. The van der Waals surface area contributed by atoms with E-state index in [0.29, 0.717) is 46.3 Å². The van der Waals surface area contributed by atoms with E-state index in [0.717, 1.165) is 114 Å². The molecule has 3 amide bonds. The number of carbonyl (C=O) groups is 4. The van der Waals surface area contributed by atoms with Crippen molar-refractivity contribution in [1.29, 1.82) is 0 Å². The fourth-order valence-electron chi connectivity index (χ4n) is 9.99. The Morgan fingerprint density at radius 1 is 0.560 bits per heavy atom. The standard InChI is InChI=1S/C17H26N2O.C16H22ClNO.C16H24N2O.C14H20N2O/c1-13(2)14-5-7-15(8-6-14)17(20)19-11-9-16(10-12-19)18(3)4;1-11(2)13-4-5-14(15(17)10-13)16(19)12-6-8-18(3)9-7-12;1-12(2)13-4-6-14(7-5-13)16(19)18-10-8-15(17-3)9-11-18;1-10(2)11-3-5-12(6-4-11)14(17)16-13-7-8-15-9-13/h5-8,13,16H,9-12H2,1-4H3;4-5,10-12H,6-9H2,1-3H3;4-7,12,15,17H,8-11H2,1-3H3;3-6,10,13,15H,7-9H2,1-2H3,(H,16,17). The van der Waals surface area contributed by atoms with E-state index in [9.17, 15) is 19.2 Å². The lowest BCUT2D eigenvalue weighted by molar-refractivity contribution is 0.0662. The zero-order chi connectivity index (χ0) is 54.8. The molecule has 11 nitrogen and oxygen atoms in total. The Morgan fingerprint density at radius 2 is 0.987 bits per heavy atom. The van der Waals surface area contributed by atoms with Crippen molar-refractivity contribution in [3.63, 3.8) is 0 Å². The Morgan fingerprint density at radius 3 is 1.37 bits per heavy atom. The molecule has 0 aliphatic carbocycles. The van der Waals surface area contributed by atoms with Gasteiger partial charge in [-0.05, 0) is 187 Å². The summed E-state index contributed by atoms with van der Waals surface area (Å²) in [7, 11) is 8.33. The van der Waals surface area contributed by atoms with Crippen molar-refractivity contribution in [3.05, 3.63) is 141 Å². The van der Waals surface area contributed by atoms with E-state index in [4.69, 9.17) is 11.6 Å². The van der Waals surface area contributed by atoms with E-state index in [1.165, 1.54) is 22.3 Å². The second kappa shape index (κ2) is 30.1. The van der Waals surface area contributed by atoms with Gasteiger partial charge in [-0.3, -0.25) is 19.2 Å². The maximum absolute atomic E-state index is 12.5. The van der Waals surface area contributed by atoms with Crippen LogP contribution in [0, 0.1) is 5.92 Å². The van der Waals surface area contributed by atoms with Crippen LogP contribution in [0.3, 0.4) is 0 Å². The Hall–Kier alpha value is -4.91. The molecule has 0 radical (unpaired) electrons. The number of amides is 3. The molecule has 12 heteroatoms. The molecule has 3 N–H and O–H groups in total. The monoisotopic (exact) mass is 1050 g/mol. The molecule has 8 rings (SSSR count). The molecule has 4 fully saturated rings. The highest BCUT2D eigenvalue weighted by atomic mass is 35.5. The Bertz CT molecular complexity index is 2370. The number of halogens is 1. The lowest BCUT2D eigenvalue weighted by Gasteiger charge is -2.35. The van der Waals surface area contributed by atoms with Gasteiger partial charge in [-0.25, -0.2) is 0 Å². The van der Waals surface area contributed by atoms with E-state index in [2.05, 4.69) is 127 Å². The Balaban J connectivity index is 0.000000185. The first-order chi connectivity index (χ1) is 35.8. The summed E-state index contributed by atoms with van der Waals surface area (Å²) in [6.45, 7) is 24.6. The lowest BCUT2D eigenvalue weighted by atomic mass is 9.88. The number of rotatable bonds is 12. The highest BCUT2D eigenvalue weighted by Crippen LogP contribution is 2.29. The van der Waals surface area contributed by atoms with Gasteiger partial charge in [0, 0.05) is 79.0 Å². The molecule has 0 aromatic heterocycles. The van der Waals surface area contributed by atoms with Gasteiger partial charge >= 0.3 is 0 Å². The molecule has 1 atom stereocenters. The zero-order valence-corrected chi connectivity index (χ0v) is 48.4. The largest absolute Gasteiger partial charge is 0.348 e. The Kier molecular flexibility index (Phi) is 24.5. The van der Waals surface area contributed by atoms with Crippen molar-refractivity contribution in [3.8, 4) is 0 Å². The van der Waals surface area contributed by atoms with E-state index in [-0.39, 0.29) is 35.5 Å². The van der Waals surface area contributed by atoms with Crippen molar-refractivity contribution in [2.75, 3.05) is 80.5 Å². The molecule has 1 unspecified atom stereocenters. The molecular weight excluding hydrogens is 954 g/mol. The van der Waals surface area contributed by atoms with E-state index < -0.39 is 0 Å². The van der Waals surface area contributed by atoms with Crippen molar-refractivity contribution in [1.82, 2.24) is 35.6 Å². The molecule has 0 saturated carbocycles. The molecule has 4 aliphatic rings. The summed E-state index contributed by atoms with van der Waals surface area (Å²) in [5.74, 6) is 2.70. The van der Waals surface area contributed by atoms with Gasteiger partial charge in [-0.15, -0.1) is 0 Å². The van der Waals surface area contributed by atoms with Crippen molar-refractivity contribution < 1.29 is 19.2 Å². The summed E-state index contributed by atoms with van der Waals surface area (Å²) in [5, 5.41) is 10.2. The molecule has 0 bridgehead atoms. The van der Waals surface area contributed by atoms with Gasteiger partial charge in [0.05, 0.1) is 5.02 Å². The van der Waals surface area contributed by atoms with Crippen LogP contribution in [0.2, 0.25) is 5.02 Å². The Labute approximate surface area is 456 Å². The van der Waals surface area contributed by atoms with Gasteiger partial charge in [0.25, 0.3) is 17.7 Å². The van der Waals surface area contributed by atoms with Crippen LogP contribution in [0.4, 0.5) is 0 Å². The highest BCUT2D eigenvalue weighted by molar-refractivity contribution is 6.34. The van der Waals surface area contributed by atoms with Gasteiger partial charge in [0.1, 0.15) is 0 Å². The van der Waals surface area contributed by atoms with Crippen LogP contribution in [-0.2, 0) is 0 Å². The number of Topliss-reactive ketones (excluding diaryl/α,β-unsaturated/α-hetero) is 1. The first-order valence-corrected chi connectivity index (χ1v) is 28.4. The molecular formula is C63H92ClN7O4. The second-order valence-electron chi connectivity index (χ2n) is 22.7. The van der Waals surface area contributed by atoms with Gasteiger partial charge < -0.3 is 35.6 Å². The maximum atomic E-state index is 12.5. The minimum Gasteiger partial charge on any atom is -0.348 e. The van der Waals surface area contributed by atoms with E-state index in [1.54, 1.807) is 0 Å². The average molecular weight is 1050 g/mol. The second-order valence-corrected chi connectivity index (χ2v) is 23.1. The van der Waals surface area contributed by atoms with Crippen LogP contribution in [0.1, 0.15) is 188 Å². The number of carbonyl (C=O) groups excluding carboxylic acids is 4. The molecule has 0 spiro atoms. The predicted octanol–water partition coefficient (Wildman–Crippen LogP) is 11.5. The number of likely N-dealkylation sites (tertiary alicyclic amines) is 3. The summed E-state index contributed by atoms with van der Waals surface area (Å²) in [4.78, 5) is 57.8. The van der Waals surface area contributed by atoms with E-state index >= 15 is 0 Å². The van der Waals surface area contributed by atoms with Crippen molar-refractivity contribution in [2.45, 2.75) is 142 Å². The summed E-state index contributed by atoms with van der Waals surface area (Å²) in [6, 6.07) is 31.4. The predicted molar refractivity (Wildman–Crippen MR) is 311 cm³/mol. The molecule has 75 heavy (non-hydrogen) atoms. The van der Waals surface area contributed by atoms with Gasteiger partial charge in [0.2, 0.25) is 0 Å². The third-order valence-electron chi connectivity index (χ3n) is 15.6. The van der Waals surface area contributed by atoms with Crippen LogP contribution in [0.25, 0.3) is 0 Å². The highest BCUT2D eigenvalue weighted by Gasteiger charge is 2.27. The lowest BCUT2D eigenvalue weighted by Crippen LogP contribution is -2.44. The fraction of sp³-hybridized carbons (Fsp3) is 0.556. The normalized spacial score (nSPS) is 17.8. The molecule has 4 saturated heterocycles. The number of hydrogen-bond acceptors (Lipinski definition) is 8. The third kappa shape index (κ3) is 18.7. The SMILES string of the molecule is CC(C)c1ccc(C(=O)C2CCN(C)CC2)c(Cl)c1.CC(C)c1ccc(C(=O)N2CCC(N(C)C)CC2)cc1.CC(C)c1ccc(C(=O)NC2CCNC2)cc1.CNC1CCN(C(=O)c2ccc(C(C)C)cc2)CC1. The minimum atomic E-state index is 0.0361. The van der Waals surface area contributed by atoms with E-state index in [1.807, 2.05) is 83.6 Å². The molecule has 410 valence electrons. The third-order valence-corrected chi connectivity index (χ3v) is 15.9. The van der Waals surface area contributed by atoms with Crippen LogP contribution in [0.5, 0.6) is 0 Å². The summed E-state index contributed by atoms with van der Waals surface area (Å²) >= 11 is 6.28. The van der Waals surface area contributed by atoms with Crippen molar-refractivity contribution in [2.24, 2.45) is 5.92 Å². The summed E-state index contributed by atoms with van der Waals surface area (Å²) < 4.78 is 0. The first-order valence-electron chi connectivity index (χ1n) is 28.0. The van der Waals surface area contributed by atoms with Crippen LogP contribution in [0.15, 0.2) is 91.0 Å². The number of benzene rings is 4. The number of nitrogens with one attached hydrogen (secondary N) is 3. The minimum absolute atomic E-state index is 0.0361. The molecule has 4 aromatic carbocycles. The summed E-state index contributed by atoms with van der Waals surface area (Å²) in [6.07, 6.45) is 7.15. The molecule has 4 aliphatic heterocycles. The number of piperidine rings is 3. The van der Waals surface area contributed by atoms with Gasteiger partial charge in [-0.2, -0.15) is 0 Å². The number of ketones is 1. The van der Waals surface area contributed by atoms with Gasteiger partial charge in [-0.1, -0.05) is 109 Å². The van der Waals surface area contributed by atoms with Crippen LogP contribution in [-0.4, -0.2) is 142 Å². The average Bonchev–Trinajstić information content (AvgIpc) is 3.94. The number of hydrogen-bond donors (Lipinski definition) is 3. The smallest absolute Gasteiger partial charge is 0.253 e. The van der Waals surface area contributed by atoms with Crippen LogP contribution >= 0.6 is 11.6 Å². The topological polar surface area (TPSA) is 117 Å². The quantitative estimate of drug-likeness (QED) is 0.120. The zero-order valence-electron chi connectivity index (χ0n) is 47.7. The van der Waals surface area contributed by atoms with Crippen molar-refractivity contribution >= 4 is 35.1 Å². The summed E-state index contributed by atoms with van der Waals surface area (Å²) in [5.41, 5.74) is 8.10.